The highest BCUT2D eigenvalue weighted by molar-refractivity contribution is 5.26. The van der Waals surface area contributed by atoms with E-state index in [1.54, 1.807) is 13.0 Å². The number of hydrogen-bond donors (Lipinski definition) is 1. The van der Waals surface area contributed by atoms with E-state index >= 15 is 0 Å². The largest absolute Gasteiger partial charge is 0.329 e. The maximum atomic E-state index is 13.9. The van der Waals surface area contributed by atoms with Gasteiger partial charge in [0.1, 0.15) is 5.82 Å². The van der Waals surface area contributed by atoms with Gasteiger partial charge in [0.05, 0.1) is 0 Å². The Kier molecular flexibility index (Phi) is 4.29. The topological polar surface area (TPSA) is 32.5 Å². The van der Waals surface area contributed by atoms with Crippen LogP contribution in [0.5, 0.6) is 0 Å². The Labute approximate surface area is 126 Å². The van der Waals surface area contributed by atoms with E-state index in [0.717, 1.165) is 18.7 Å². The standard InChI is InChI=1S/C17H26FN3/c1-12-5-6-14(8-16(12)18)17(9-19)21-11-15-4-3-7-20(15)10-13(21)2/h5-6,8,13,15,17H,3-4,7,9-11,19H2,1-2H3. The van der Waals surface area contributed by atoms with E-state index in [-0.39, 0.29) is 11.9 Å². The second kappa shape index (κ2) is 6.03. The summed E-state index contributed by atoms with van der Waals surface area (Å²) < 4.78 is 13.9. The van der Waals surface area contributed by atoms with Crippen molar-refractivity contribution in [2.45, 2.75) is 44.8 Å². The monoisotopic (exact) mass is 291 g/mol. The van der Waals surface area contributed by atoms with Gasteiger partial charge in [-0.2, -0.15) is 0 Å². The Bertz CT molecular complexity index is 505. The summed E-state index contributed by atoms with van der Waals surface area (Å²) in [4.78, 5) is 5.08. The van der Waals surface area contributed by atoms with Gasteiger partial charge in [0, 0.05) is 37.8 Å². The van der Waals surface area contributed by atoms with Gasteiger partial charge in [-0.25, -0.2) is 4.39 Å². The van der Waals surface area contributed by atoms with Gasteiger partial charge in [-0.3, -0.25) is 9.80 Å². The molecule has 0 amide bonds. The lowest BCUT2D eigenvalue weighted by molar-refractivity contribution is 0.0295. The molecule has 2 heterocycles. The molecular weight excluding hydrogens is 265 g/mol. The highest BCUT2D eigenvalue weighted by Gasteiger charge is 2.37. The lowest BCUT2D eigenvalue weighted by atomic mass is 9.98. The Morgan fingerprint density at radius 2 is 2.19 bits per heavy atom. The summed E-state index contributed by atoms with van der Waals surface area (Å²) in [5, 5.41) is 0. The Hall–Kier alpha value is -0.970. The van der Waals surface area contributed by atoms with Crippen LogP contribution in [0, 0.1) is 12.7 Å². The van der Waals surface area contributed by atoms with E-state index in [9.17, 15) is 4.39 Å². The molecule has 2 aliphatic rings. The van der Waals surface area contributed by atoms with Crippen molar-refractivity contribution < 1.29 is 4.39 Å². The van der Waals surface area contributed by atoms with Gasteiger partial charge >= 0.3 is 0 Å². The molecular formula is C17H26FN3. The first-order chi connectivity index (χ1) is 10.1. The van der Waals surface area contributed by atoms with Crippen LogP contribution in [0.25, 0.3) is 0 Å². The number of halogens is 1. The fraction of sp³-hybridized carbons (Fsp3) is 0.647. The lowest BCUT2D eigenvalue weighted by Crippen LogP contribution is -2.56. The minimum Gasteiger partial charge on any atom is -0.329 e. The first kappa shape index (κ1) is 14.9. The SMILES string of the molecule is Cc1ccc(C(CN)N2CC3CCCN3CC2C)cc1F. The van der Waals surface area contributed by atoms with Crippen molar-refractivity contribution in [2.75, 3.05) is 26.2 Å². The molecule has 116 valence electrons. The molecule has 2 saturated heterocycles. The van der Waals surface area contributed by atoms with Crippen LogP contribution in [0.15, 0.2) is 18.2 Å². The van der Waals surface area contributed by atoms with Crippen molar-refractivity contribution in [1.29, 1.82) is 0 Å². The first-order valence-corrected chi connectivity index (χ1v) is 8.06. The summed E-state index contributed by atoms with van der Waals surface area (Å²) in [5.74, 6) is -0.127. The summed E-state index contributed by atoms with van der Waals surface area (Å²) in [5.41, 5.74) is 7.76. The molecule has 3 atom stereocenters. The molecule has 3 nitrogen and oxygen atoms in total. The van der Waals surface area contributed by atoms with Crippen molar-refractivity contribution in [3.8, 4) is 0 Å². The van der Waals surface area contributed by atoms with Gasteiger partial charge in [0.2, 0.25) is 0 Å². The van der Waals surface area contributed by atoms with E-state index in [4.69, 9.17) is 5.73 Å². The molecule has 21 heavy (non-hydrogen) atoms. The van der Waals surface area contributed by atoms with Gasteiger partial charge in [0.15, 0.2) is 0 Å². The predicted molar refractivity (Wildman–Crippen MR) is 83.7 cm³/mol. The first-order valence-electron chi connectivity index (χ1n) is 8.06. The average Bonchev–Trinajstić information content (AvgIpc) is 2.90. The molecule has 1 aromatic carbocycles. The molecule has 2 N–H and O–H groups in total. The summed E-state index contributed by atoms with van der Waals surface area (Å²) >= 11 is 0. The Balaban J connectivity index is 1.83. The van der Waals surface area contributed by atoms with Crippen LogP contribution in [0.1, 0.15) is 36.9 Å². The van der Waals surface area contributed by atoms with Crippen LogP contribution < -0.4 is 5.73 Å². The highest BCUT2D eigenvalue weighted by atomic mass is 19.1. The smallest absolute Gasteiger partial charge is 0.126 e. The number of piperazine rings is 1. The third-order valence-corrected chi connectivity index (χ3v) is 5.19. The van der Waals surface area contributed by atoms with Crippen molar-refractivity contribution in [2.24, 2.45) is 5.73 Å². The normalized spacial score (nSPS) is 28.6. The third-order valence-electron chi connectivity index (χ3n) is 5.19. The summed E-state index contributed by atoms with van der Waals surface area (Å²) in [6, 6.07) is 6.81. The van der Waals surface area contributed by atoms with Gasteiger partial charge < -0.3 is 5.73 Å². The number of aryl methyl sites for hydroxylation is 1. The van der Waals surface area contributed by atoms with Crippen LogP contribution in [-0.2, 0) is 0 Å². The zero-order valence-electron chi connectivity index (χ0n) is 13.1. The molecule has 3 rings (SSSR count). The zero-order valence-corrected chi connectivity index (χ0v) is 13.1. The molecule has 3 unspecified atom stereocenters. The van der Waals surface area contributed by atoms with E-state index in [0.29, 0.717) is 24.2 Å². The van der Waals surface area contributed by atoms with Crippen LogP contribution in [0.2, 0.25) is 0 Å². The molecule has 0 bridgehead atoms. The van der Waals surface area contributed by atoms with Crippen LogP contribution in [0.3, 0.4) is 0 Å². The van der Waals surface area contributed by atoms with Gasteiger partial charge in [0.25, 0.3) is 0 Å². The molecule has 2 fully saturated rings. The van der Waals surface area contributed by atoms with Crippen LogP contribution in [0.4, 0.5) is 4.39 Å². The van der Waals surface area contributed by atoms with Crippen molar-refractivity contribution >= 4 is 0 Å². The van der Waals surface area contributed by atoms with Crippen molar-refractivity contribution in [3.63, 3.8) is 0 Å². The second-order valence-electron chi connectivity index (χ2n) is 6.60. The molecule has 2 aliphatic heterocycles. The molecule has 4 heteroatoms. The number of nitrogens with zero attached hydrogens (tertiary/aromatic N) is 2. The second-order valence-corrected chi connectivity index (χ2v) is 6.60. The maximum Gasteiger partial charge on any atom is 0.126 e. The number of rotatable bonds is 3. The van der Waals surface area contributed by atoms with Gasteiger partial charge in [-0.1, -0.05) is 12.1 Å². The number of nitrogens with two attached hydrogens (primary N) is 1. The molecule has 0 aliphatic carbocycles. The predicted octanol–water partition coefficient (Wildman–Crippen LogP) is 2.30. The van der Waals surface area contributed by atoms with E-state index in [1.165, 1.54) is 19.4 Å². The fourth-order valence-corrected chi connectivity index (χ4v) is 3.92. The van der Waals surface area contributed by atoms with E-state index in [2.05, 4.69) is 16.7 Å². The minimum atomic E-state index is -0.127. The Morgan fingerprint density at radius 3 is 2.90 bits per heavy atom. The maximum absolute atomic E-state index is 13.9. The molecule has 0 radical (unpaired) electrons. The summed E-state index contributed by atoms with van der Waals surface area (Å²) in [6.07, 6.45) is 2.58. The highest BCUT2D eigenvalue weighted by Crippen LogP contribution is 2.31. The lowest BCUT2D eigenvalue weighted by Gasteiger charge is -2.46. The van der Waals surface area contributed by atoms with Gasteiger partial charge in [-0.15, -0.1) is 0 Å². The van der Waals surface area contributed by atoms with Crippen molar-refractivity contribution in [3.05, 3.63) is 35.1 Å². The fourth-order valence-electron chi connectivity index (χ4n) is 3.92. The summed E-state index contributed by atoms with van der Waals surface area (Å²) in [7, 11) is 0. The number of benzene rings is 1. The van der Waals surface area contributed by atoms with Gasteiger partial charge in [-0.05, 0) is 50.4 Å². The van der Waals surface area contributed by atoms with Crippen LogP contribution >= 0.6 is 0 Å². The van der Waals surface area contributed by atoms with E-state index in [1.807, 2.05) is 12.1 Å². The summed E-state index contributed by atoms with van der Waals surface area (Å²) in [6.45, 7) is 8.00. The third kappa shape index (κ3) is 2.85. The Morgan fingerprint density at radius 1 is 1.38 bits per heavy atom. The van der Waals surface area contributed by atoms with Crippen LogP contribution in [-0.4, -0.2) is 48.1 Å². The number of hydrogen-bond acceptors (Lipinski definition) is 3. The van der Waals surface area contributed by atoms with E-state index < -0.39 is 0 Å². The van der Waals surface area contributed by atoms with Crippen molar-refractivity contribution in [1.82, 2.24) is 9.80 Å². The zero-order chi connectivity index (χ0) is 15.0. The molecule has 0 saturated carbocycles. The quantitative estimate of drug-likeness (QED) is 0.927. The molecule has 0 aromatic heterocycles. The number of fused-ring (bicyclic) bond motifs is 1. The minimum absolute atomic E-state index is 0.123. The molecule has 1 aromatic rings. The molecule has 0 spiro atoms. The average molecular weight is 291 g/mol.